The van der Waals surface area contributed by atoms with Gasteiger partial charge in [-0.2, -0.15) is 0 Å². The lowest BCUT2D eigenvalue weighted by molar-refractivity contribution is -0.139. The van der Waals surface area contributed by atoms with Crippen LogP contribution in [0.25, 0.3) is 0 Å². The Morgan fingerprint density at radius 2 is 1.70 bits per heavy atom. The number of hydrogen-bond donors (Lipinski definition) is 1. The molecule has 1 N–H and O–H groups in total. The first-order chi connectivity index (χ1) is 14.3. The summed E-state index contributed by atoms with van der Waals surface area (Å²) in [6.07, 6.45) is 0.749. The molecule has 30 heavy (non-hydrogen) atoms. The number of carbonyl (C=O) groups is 1. The molecular weight excluding hydrogens is 393 g/mol. The number of amides is 1. The van der Waals surface area contributed by atoms with Crippen LogP contribution < -0.4 is 0 Å². The zero-order valence-corrected chi connectivity index (χ0v) is 16.8. The van der Waals surface area contributed by atoms with E-state index < -0.39 is 24.4 Å². The summed E-state index contributed by atoms with van der Waals surface area (Å²) in [7, 11) is 0. The van der Waals surface area contributed by atoms with Crippen LogP contribution in [0.2, 0.25) is 0 Å². The van der Waals surface area contributed by atoms with Gasteiger partial charge in [0.15, 0.2) is 0 Å². The van der Waals surface area contributed by atoms with Gasteiger partial charge in [-0.05, 0) is 61.7 Å². The molecule has 3 atom stereocenters. The largest absolute Gasteiger partial charge is 0.508 e. The van der Waals surface area contributed by atoms with E-state index in [1.165, 1.54) is 36.4 Å². The van der Waals surface area contributed by atoms with E-state index in [0.717, 1.165) is 5.56 Å². The van der Waals surface area contributed by atoms with Crippen LogP contribution in [0, 0.1) is 5.82 Å². The van der Waals surface area contributed by atoms with Gasteiger partial charge in [-0.25, -0.2) is 13.2 Å². The van der Waals surface area contributed by atoms with Crippen molar-refractivity contribution in [2.24, 2.45) is 0 Å². The zero-order chi connectivity index (χ0) is 21.5. The van der Waals surface area contributed by atoms with Crippen molar-refractivity contribution in [2.75, 3.05) is 19.6 Å². The Kier molecular flexibility index (Phi) is 5.49. The van der Waals surface area contributed by atoms with Crippen LogP contribution >= 0.6 is 0 Å². The highest BCUT2D eigenvalue weighted by molar-refractivity contribution is 5.84. The Labute approximate surface area is 173 Å². The molecule has 0 aromatic heterocycles. The smallest absolute Gasteiger partial charge is 0.267 e. The Bertz CT molecular complexity index is 902. The third kappa shape index (κ3) is 3.90. The van der Waals surface area contributed by atoms with Crippen molar-refractivity contribution in [1.29, 1.82) is 0 Å². The predicted molar refractivity (Wildman–Crippen MR) is 107 cm³/mol. The standard InChI is InChI=1S/C23H25F3N2O2/c1-15(16-2-6-18(24)7-3-16)28-13-11-21(22(28)30)27-12-10-20(23(25,26)14-27)17-4-8-19(29)9-5-17/h2-9,15,20-21,29H,10-14H2,1H3/t15-,20-,21-/m0/s1. The van der Waals surface area contributed by atoms with Gasteiger partial charge in [0.1, 0.15) is 11.6 Å². The number of benzene rings is 2. The first-order valence-corrected chi connectivity index (χ1v) is 10.2. The number of phenols is 1. The fourth-order valence-corrected chi connectivity index (χ4v) is 4.68. The van der Waals surface area contributed by atoms with E-state index in [2.05, 4.69) is 0 Å². The number of hydrogen-bond acceptors (Lipinski definition) is 3. The number of nitrogens with zero attached hydrogens (tertiary/aromatic N) is 2. The molecule has 2 heterocycles. The molecule has 7 heteroatoms. The Balaban J connectivity index is 1.44. The molecule has 0 unspecified atom stereocenters. The number of aromatic hydroxyl groups is 1. The van der Waals surface area contributed by atoms with Gasteiger partial charge in [0.2, 0.25) is 5.91 Å². The second-order valence-corrected chi connectivity index (χ2v) is 8.23. The van der Waals surface area contributed by atoms with E-state index in [4.69, 9.17) is 0 Å². The van der Waals surface area contributed by atoms with Gasteiger partial charge >= 0.3 is 0 Å². The van der Waals surface area contributed by atoms with Gasteiger partial charge in [-0.3, -0.25) is 9.69 Å². The highest BCUT2D eigenvalue weighted by Crippen LogP contribution is 2.42. The van der Waals surface area contributed by atoms with Gasteiger partial charge < -0.3 is 10.0 Å². The van der Waals surface area contributed by atoms with Gasteiger partial charge in [0.05, 0.1) is 24.5 Å². The van der Waals surface area contributed by atoms with Gasteiger partial charge in [-0.1, -0.05) is 24.3 Å². The third-order valence-corrected chi connectivity index (χ3v) is 6.40. The minimum atomic E-state index is -2.97. The molecule has 0 radical (unpaired) electrons. The summed E-state index contributed by atoms with van der Waals surface area (Å²) in [4.78, 5) is 16.3. The van der Waals surface area contributed by atoms with Crippen molar-refractivity contribution in [2.45, 2.75) is 43.7 Å². The number of rotatable bonds is 4. The van der Waals surface area contributed by atoms with E-state index in [-0.39, 0.29) is 29.9 Å². The monoisotopic (exact) mass is 418 g/mol. The topological polar surface area (TPSA) is 43.8 Å². The molecule has 2 fully saturated rings. The molecule has 0 saturated carbocycles. The normalized spacial score (nSPS) is 25.5. The van der Waals surface area contributed by atoms with Crippen LogP contribution in [0.4, 0.5) is 13.2 Å². The van der Waals surface area contributed by atoms with Crippen LogP contribution in [-0.4, -0.2) is 52.4 Å². The lowest BCUT2D eigenvalue weighted by Crippen LogP contribution is -2.53. The molecule has 0 bridgehead atoms. The number of piperidine rings is 1. The molecule has 4 nitrogen and oxygen atoms in total. The van der Waals surface area contributed by atoms with Crippen molar-refractivity contribution in [3.8, 4) is 5.75 Å². The fourth-order valence-electron chi connectivity index (χ4n) is 4.68. The maximum absolute atomic E-state index is 15.0. The minimum absolute atomic E-state index is 0.0476. The highest BCUT2D eigenvalue weighted by Gasteiger charge is 2.49. The van der Waals surface area contributed by atoms with Crippen LogP contribution in [0.15, 0.2) is 48.5 Å². The molecule has 160 valence electrons. The van der Waals surface area contributed by atoms with Crippen molar-refractivity contribution in [3.63, 3.8) is 0 Å². The molecule has 0 spiro atoms. The molecule has 2 saturated heterocycles. The van der Waals surface area contributed by atoms with Crippen LogP contribution in [0.3, 0.4) is 0 Å². The lowest BCUT2D eigenvalue weighted by atomic mass is 9.85. The highest BCUT2D eigenvalue weighted by atomic mass is 19.3. The second-order valence-electron chi connectivity index (χ2n) is 8.23. The Morgan fingerprint density at radius 3 is 2.33 bits per heavy atom. The zero-order valence-electron chi connectivity index (χ0n) is 16.8. The summed E-state index contributed by atoms with van der Waals surface area (Å²) in [6.45, 7) is 2.31. The summed E-state index contributed by atoms with van der Waals surface area (Å²) in [5.74, 6) is -4.33. The molecule has 2 aromatic rings. The van der Waals surface area contributed by atoms with Gasteiger partial charge in [-0.15, -0.1) is 0 Å². The quantitative estimate of drug-likeness (QED) is 0.804. The van der Waals surface area contributed by atoms with Crippen molar-refractivity contribution in [1.82, 2.24) is 9.80 Å². The summed E-state index contributed by atoms with van der Waals surface area (Å²) < 4.78 is 43.1. The molecule has 2 aliphatic heterocycles. The lowest BCUT2D eigenvalue weighted by Gasteiger charge is -2.40. The van der Waals surface area contributed by atoms with Gasteiger partial charge in [0.25, 0.3) is 5.92 Å². The van der Waals surface area contributed by atoms with Crippen molar-refractivity contribution >= 4 is 5.91 Å². The average Bonchev–Trinajstić information content (AvgIpc) is 3.09. The molecule has 0 aliphatic carbocycles. The number of halogens is 3. The second kappa shape index (κ2) is 7.95. The summed E-state index contributed by atoms with van der Waals surface area (Å²) >= 11 is 0. The molecule has 2 aromatic carbocycles. The molecular formula is C23H25F3N2O2. The third-order valence-electron chi connectivity index (χ3n) is 6.40. The SMILES string of the molecule is C[C@@H](c1ccc(F)cc1)N1CC[C@H](N2CC[C@@H](c3ccc(O)cc3)C(F)(F)C2)C1=O. The molecule has 4 rings (SSSR count). The predicted octanol–water partition coefficient (Wildman–Crippen LogP) is 4.32. The number of phenolic OH excluding ortho intramolecular Hbond substituents is 1. The first kappa shape index (κ1) is 20.7. The number of likely N-dealkylation sites (tertiary alicyclic amines) is 2. The summed E-state index contributed by atoms with van der Waals surface area (Å²) in [5.41, 5.74) is 1.32. The Hall–Kier alpha value is -2.54. The number of carbonyl (C=O) groups excluding carboxylic acids is 1. The first-order valence-electron chi connectivity index (χ1n) is 10.2. The van der Waals surface area contributed by atoms with E-state index in [1.54, 1.807) is 21.9 Å². The number of alkyl halides is 2. The maximum atomic E-state index is 15.0. The summed E-state index contributed by atoms with van der Waals surface area (Å²) in [6, 6.07) is 11.2. The van der Waals surface area contributed by atoms with E-state index in [1.807, 2.05) is 6.92 Å². The fraction of sp³-hybridized carbons (Fsp3) is 0.435. The minimum Gasteiger partial charge on any atom is -0.508 e. The maximum Gasteiger partial charge on any atom is 0.267 e. The van der Waals surface area contributed by atoms with E-state index in [9.17, 15) is 23.1 Å². The summed E-state index contributed by atoms with van der Waals surface area (Å²) in [5, 5.41) is 9.41. The van der Waals surface area contributed by atoms with Gasteiger partial charge in [0, 0.05) is 6.54 Å². The van der Waals surface area contributed by atoms with Crippen LogP contribution in [0.5, 0.6) is 5.75 Å². The Morgan fingerprint density at radius 1 is 1.03 bits per heavy atom. The van der Waals surface area contributed by atoms with E-state index >= 15 is 0 Å². The van der Waals surface area contributed by atoms with Crippen molar-refractivity contribution < 1.29 is 23.1 Å². The molecule has 2 aliphatic rings. The molecule has 1 amide bonds. The van der Waals surface area contributed by atoms with Crippen molar-refractivity contribution in [3.05, 3.63) is 65.5 Å². The van der Waals surface area contributed by atoms with Crippen LogP contribution in [-0.2, 0) is 4.79 Å². The van der Waals surface area contributed by atoms with Crippen LogP contribution in [0.1, 0.15) is 42.9 Å². The van der Waals surface area contributed by atoms with E-state index in [0.29, 0.717) is 25.1 Å². The average molecular weight is 418 g/mol.